The maximum atomic E-state index is 11.8. The molecule has 1 aliphatic heterocycles. The number of hydrogen-bond acceptors (Lipinski definition) is 6. The summed E-state index contributed by atoms with van der Waals surface area (Å²) in [5.41, 5.74) is 2.85. The number of piperidine rings is 1. The molecule has 6 heteroatoms. The van der Waals surface area contributed by atoms with Crippen LogP contribution < -0.4 is 9.64 Å². The summed E-state index contributed by atoms with van der Waals surface area (Å²) in [4.78, 5) is 25.5. The number of aldehydes is 1. The molecule has 0 amide bonds. The van der Waals surface area contributed by atoms with E-state index >= 15 is 0 Å². The van der Waals surface area contributed by atoms with E-state index < -0.39 is 5.97 Å². The van der Waals surface area contributed by atoms with Crippen molar-refractivity contribution in [1.29, 1.82) is 0 Å². The summed E-state index contributed by atoms with van der Waals surface area (Å²) in [6.07, 6.45) is 7.51. The predicted octanol–water partition coefficient (Wildman–Crippen LogP) is 4.97. The van der Waals surface area contributed by atoms with E-state index in [4.69, 9.17) is 14.2 Å². The second-order valence-electron chi connectivity index (χ2n) is 9.05. The molecule has 2 unspecified atom stereocenters. The molecular weight excluding hydrogens is 418 g/mol. The molecule has 0 spiro atoms. The molecular formula is C27H33NO5. The summed E-state index contributed by atoms with van der Waals surface area (Å²) >= 11 is 0. The van der Waals surface area contributed by atoms with Crippen molar-refractivity contribution < 1.29 is 23.8 Å². The van der Waals surface area contributed by atoms with Gasteiger partial charge in [-0.1, -0.05) is 17.7 Å². The number of carbonyl (C=O) groups excluding carboxylic acids is 2. The van der Waals surface area contributed by atoms with Gasteiger partial charge in [-0.2, -0.15) is 0 Å². The van der Waals surface area contributed by atoms with Crippen molar-refractivity contribution >= 4 is 17.9 Å². The summed E-state index contributed by atoms with van der Waals surface area (Å²) < 4.78 is 17.5. The molecule has 0 N–H and O–H groups in total. The molecule has 2 aliphatic rings. The molecule has 176 valence electrons. The molecule has 2 fully saturated rings. The summed E-state index contributed by atoms with van der Waals surface area (Å²) in [5, 5.41) is 0. The van der Waals surface area contributed by atoms with Gasteiger partial charge in [0.1, 0.15) is 11.9 Å². The highest BCUT2D eigenvalue weighted by atomic mass is 16.5. The largest absolute Gasteiger partial charge is 0.490 e. The van der Waals surface area contributed by atoms with E-state index in [1.54, 1.807) is 12.1 Å². The van der Waals surface area contributed by atoms with Gasteiger partial charge in [-0.05, 0) is 69.4 Å². The van der Waals surface area contributed by atoms with Crippen molar-refractivity contribution in [1.82, 2.24) is 0 Å². The Bertz CT molecular complexity index is 949. The van der Waals surface area contributed by atoms with E-state index in [1.807, 2.05) is 18.2 Å². The Morgan fingerprint density at radius 3 is 2.39 bits per heavy atom. The number of methoxy groups -OCH3 is 1. The number of benzene rings is 2. The van der Waals surface area contributed by atoms with Crippen LogP contribution in [0.2, 0.25) is 0 Å². The van der Waals surface area contributed by atoms with Crippen molar-refractivity contribution in [3.63, 3.8) is 0 Å². The average molecular weight is 452 g/mol. The van der Waals surface area contributed by atoms with Crippen LogP contribution >= 0.6 is 0 Å². The van der Waals surface area contributed by atoms with Crippen LogP contribution in [-0.4, -0.2) is 50.8 Å². The monoisotopic (exact) mass is 451 g/mol. The first-order valence-corrected chi connectivity index (χ1v) is 11.9. The third kappa shape index (κ3) is 5.93. The van der Waals surface area contributed by atoms with Gasteiger partial charge in [-0.3, -0.25) is 4.79 Å². The highest BCUT2D eigenvalue weighted by molar-refractivity contribution is 5.99. The van der Waals surface area contributed by atoms with Gasteiger partial charge < -0.3 is 19.1 Å². The zero-order valence-electron chi connectivity index (χ0n) is 19.5. The van der Waals surface area contributed by atoms with Crippen molar-refractivity contribution in [2.24, 2.45) is 0 Å². The lowest BCUT2D eigenvalue weighted by molar-refractivity contribution is -0.0595. The molecule has 1 aliphatic carbocycles. The van der Waals surface area contributed by atoms with Gasteiger partial charge in [-0.15, -0.1) is 0 Å². The van der Waals surface area contributed by atoms with Crippen LogP contribution in [0.3, 0.4) is 0 Å². The molecule has 0 radical (unpaired) electrons. The number of rotatable bonds is 7. The Morgan fingerprint density at radius 2 is 1.70 bits per heavy atom. The molecule has 33 heavy (non-hydrogen) atoms. The molecule has 1 heterocycles. The summed E-state index contributed by atoms with van der Waals surface area (Å²) in [7, 11) is 1.32. The molecule has 1 saturated carbocycles. The molecule has 6 nitrogen and oxygen atoms in total. The zero-order chi connectivity index (χ0) is 23.2. The lowest BCUT2D eigenvalue weighted by atomic mass is 9.94. The lowest BCUT2D eigenvalue weighted by Gasteiger charge is -2.37. The average Bonchev–Trinajstić information content (AvgIpc) is 2.85. The van der Waals surface area contributed by atoms with E-state index in [1.165, 1.54) is 12.7 Å². The Kier molecular flexibility index (Phi) is 7.65. The Morgan fingerprint density at radius 1 is 0.970 bits per heavy atom. The number of esters is 1. The Hall–Kier alpha value is -2.86. The molecule has 2 atom stereocenters. The Labute approximate surface area is 195 Å². The molecule has 1 saturated heterocycles. The minimum absolute atomic E-state index is 0.210. The maximum Gasteiger partial charge on any atom is 0.338 e. The van der Waals surface area contributed by atoms with Gasteiger partial charge in [0.25, 0.3) is 0 Å². The van der Waals surface area contributed by atoms with E-state index in [0.29, 0.717) is 17.4 Å². The highest BCUT2D eigenvalue weighted by Crippen LogP contribution is 2.29. The van der Waals surface area contributed by atoms with E-state index in [9.17, 15) is 9.59 Å². The number of hydrogen-bond donors (Lipinski definition) is 0. The number of ether oxygens (including phenoxy) is 3. The number of aryl methyl sites for hydroxylation is 1. The molecule has 2 aromatic carbocycles. The van der Waals surface area contributed by atoms with Crippen molar-refractivity contribution in [2.45, 2.75) is 63.8 Å². The first-order chi connectivity index (χ1) is 16.1. The normalized spacial score (nSPS) is 21.5. The number of nitrogens with zero attached hydrogens (tertiary/aromatic N) is 1. The number of anilines is 1. The zero-order valence-corrected chi connectivity index (χ0v) is 19.5. The van der Waals surface area contributed by atoms with Crippen molar-refractivity contribution in [3.05, 3.63) is 59.2 Å². The minimum atomic E-state index is -0.493. The van der Waals surface area contributed by atoms with Gasteiger partial charge >= 0.3 is 5.97 Å². The second-order valence-corrected chi connectivity index (χ2v) is 9.05. The maximum absolute atomic E-state index is 11.8. The van der Waals surface area contributed by atoms with Crippen LogP contribution in [0.4, 0.5) is 5.69 Å². The van der Waals surface area contributed by atoms with Crippen LogP contribution in [0.15, 0.2) is 42.5 Å². The van der Waals surface area contributed by atoms with Crippen LogP contribution in [0.25, 0.3) is 0 Å². The van der Waals surface area contributed by atoms with E-state index in [0.717, 1.165) is 63.1 Å². The fourth-order valence-electron chi connectivity index (χ4n) is 4.80. The first-order valence-electron chi connectivity index (χ1n) is 11.9. The fourth-order valence-corrected chi connectivity index (χ4v) is 4.80. The van der Waals surface area contributed by atoms with Crippen LogP contribution in [-0.2, 0) is 9.47 Å². The fraction of sp³-hybridized carbons (Fsp3) is 0.481. The van der Waals surface area contributed by atoms with Gasteiger partial charge in [0, 0.05) is 30.8 Å². The third-order valence-electron chi connectivity index (χ3n) is 6.66. The summed E-state index contributed by atoms with van der Waals surface area (Å²) in [5.74, 6) is 0.445. The smallest absolute Gasteiger partial charge is 0.338 e. The highest BCUT2D eigenvalue weighted by Gasteiger charge is 2.28. The third-order valence-corrected chi connectivity index (χ3v) is 6.66. The van der Waals surface area contributed by atoms with Crippen LogP contribution in [0.1, 0.15) is 64.8 Å². The summed E-state index contributed by atoms with van der Waals surface area (Å²) in [6.45, 7) is 3.80. The van der Waals surface area contributed by atoms with Gasteiger partial charge in [-0.25, -0.2) is 4.79 Å². The van der Waals surface area contributed by atoms with Crippen molar-refractivity contribution in [2.75, 3.05) is 25.1 Å². The SMILES string of the molecule is COC(=O)c1ccc(N2CCC(OC3CCCC(Oc4ccc(C)cc4)C3)CC2)cc1C=O. The van der Waals surface area contributed by atoms with Gasteiger partial charge in [0.15, 0.2) is 6.29 Å². The molecule has 0 aromatic heterocycles. The van der Waals surface area contributed by atoms with Gasteiger partial charge in [0.05, 0.1) is 24.9 Å². The van der Waals surface area contributed by atoms with Crippen LogP contribution in [0, 0.1) is 6.92 Å². The first kappa shape index (κ1) is 23.3. The topological polar surface area (TPSA) is 65.1 Å². The van der Waals surface area contributed by atoms with Gasteiger partial charge in [0.2, 0.25) is 0 Å². The summed E-state index contributed by atoms with van der Waals surface area (Å²) in [6, 6.07) is 13.6. The number of carbonyl (C=O) groups is 2. The van der Waals surface area contributed by atoms with Crippen molar-refractivity contribution in [3.8, 4) is 5.75 Å². The second kappa shape index (κ2) is 10.8. The molecule has 4 rings (SSSR count). The van der Waals surface area contributed by atoms with Crippen LogP contribution in [0.5, 0.6) is 5.75 Å². The molecule has 0 bridgehead atoms. The predicted molar refractivity (Wildman–Crippen MR) is 127 cm³/mol. The quantitative estimate of drug-likeness (QED) is 0.437. The minimum Gasteiger partial charge on any atom is -0.490 e. The van der Waals surface area contributed by atoms with E-state index in [-0.39, 0.29) is 18.3 Å². The molecule has 2 aromatic rings. The van der Waals surface area contributed by atoms with E-state index in [2.05, 4.69) is 24.0 Å². The Balaban J connectivity index is 1.28. The lowest BCUT2D eigenvalue weighted by Crippen LogP contribution is -2.40. The standard InChI is InChI=1S/C27H33NO5/c1-19-6-9-22(10-7-19)32-24-4-3-5-25(17-24)33-23-12-14-28(15-13-23)21-8-11-26(27(30)31-2)20(16-21)18-29/h6-11,16,18,23-25H,3-5,12-15,17H2,1-2H3.